The number of fused-ring (bicyclic) bond motifs is 1. The molecule has 96 valence electrons. The number of amides is 1. The molecule has 0 saturated carbocycles. The third kappa shape index (κ3) is 1.83. The number of anilines is 1. The first-order valence-corrected chi connectivity index (χ1v) is 6.83. The molecule has 0 spiro atoms. The first-order valence-electron chi connectivity index (χ1n) is 6.83. The third-order valence-electron chi connectivity index (χ3n) is 4.25. The van der Waals surface area contributed by atoms with Gasteiger partial charge in [0.25, 0.3) is 0 Å². The number of benzene rings is 1. The van der Waals surface area contributed by atoms with E-state index in [0.29, 0.717) is 12.5 Å². The minimum atomic E-state index is 0.132. The molecule has 18 heavy (non-hydrogen) atoms. The lowest BCUT2D eigenvalue weighted by atomic mass is 9.88. The molecule has 0 radical (unpaired) electrons. The van der Waals surface area contributed by atoms with Crippen LogP contribution in [0.2, 0.25) is 0 Å². The Morgan fingerprint density at radius 1 is 1.28 bits per heavy atom. The Balaban J connectivity index is 2.09. The molecule has 1 amide bonds. The van der Waals surface area contributed by atoms with E-state index in [1.807, 2.05) is 0 Å². The fraction of sp³-hybridized carbons (Fsp3) is 0.533. The zero-order valence-corrected chi connectivity index (χ0v) is 11.1. The van der Waals surface area contributed by atoms with Crippen molar-refractivity contribution in [3.8, 4) is 0 Å². The molecule has 3 rings (SSSR count). The number of aryl methyl sites for hydroxylation is 1. The van der Waals surface area contributed by atoms with Crippen LogP contribution in [0.4, 0.5) is 5.69 Å². The van der Waals surface area contributed by atoms with Gasteiger partial charge >= 0.3 is 0 Å². The second-order valence-electron chi connectivity index (χ2n) is 5.49. The molecule has 3 nitrogen and oxygen atoms in total. The quantitative estimate of drug-likeness (QED) is 0.797. The zero-order chi connectivity index (χ0) is 12.7. The first kappa shape index (κ1) is 11.7. The normalized spacial score (nSPS) is 22.8. The number of hydrogen-bond acceptors (Lipinski definition) is 2. The molecule has 1 unspecified atom stereocenters. The lowest BCUT2D eigenvalue weighted by molar-refractivity contribution is -0.115. The molecule has 2 aliphatic rings. The molecule has 1 fully saturated rings. The molecule has 0 aromatic heterocycles. The van der Waals surface area contributed by atoms with Gasteiger partial charge in [-0.3, -0.25) is 4.79 Å². The monoisotopic (exact) mass is 244 g/mol. The van der Waals surface area contributed by atoms with Gasteiger partial charge in [0.15, 0.2) is 0 Å². The van der Waals surface area contributed by atoms with Gasteiger partial charge in [-0.15, -0.1) is 0 Å². The van der Waals surface area contributed by atoms with E-state index < -0.39 is 0 Å². The van der Waals surface area contributed by atoms with Crippen LogP contribution in [0.1, 0.15) is 47.6 Å². The molecule has 2 aliphatic heterocycles. The van der Waals surface area contributed by atoms with Gasteiger partial charge in [0.1, 0.15) is 0 Å². The van der Waals surface area contributed by atoms with E-state index in [4.69, 9.17) is 0 Å². The highest BCUT2D eigenvalue weighted by Crippen LogP contribution is 2.38. The Bertz CT molecular complexity index is 502. The van der Waals surface area contributed by atoms with Gasteiger partial charge < -0.3 is 10.6 Å². The highest BCUT2D eigenvalue weighted by molar-refractivity contribution is 6.00. The summed E-state index contributed by atoms with van der Waals surface area (Å²) in [6.07, 6.45) is 4.24. The molecule has 0 bridgehead atoms. The number of carbonyl (C=O) groups is 1. The summed E-state index contributed by atoms with van der Waals surface area (Å²) in [6, 6.07) is 2.57. The minimum absolute atomic E-state index is 0.132. The van der Waals surface area contributed by atoms with Crippen molar-refractivity contribution in [1.82, 2.24) is 5.32 Å². The number of nitrogens with one attached hydrogen (secondary N) is 2. The van der Waals surface area contributed by atoms with E-state index in [-0.39, 0.29) is 5.91 Å². The SMILES string of the molecule is Cc1cc2c(c(C3CCCCN3)c1C)NC(=O)C2. The van der Waals surface area contributed by atoms with Crippen LogP contribution >= 0.6 is 0 Å². The average Bonchev–Trinajstić information content (AvgIpc) is 2.71. The molecular formula is C15H20N2O. The van der Waals surface area contributed by atoms with Gasteiger partial charge in [-0.2, -0.15) is 0 Å². The summed E-state index contributed by atoms with van der Waals surface area (Å²) >= 11 is 0. The Labute approximate surface area is 108 Å². The first-order chi connectivity index (χ1) is 8.66. The number of rotatable bonds is 1. The predicted molar refractivity (Wildman–Crippen MR) is 72.8 cm³/mol. The van der Waals surface area contributed by atoms with Gasteiger partial charge in [0, 0.05) is 11.7 Å². The summed E-state index contributed by atoms with van der Waals surface area (Å²) in [6.45, 7) is 5.40. The Morgan fingerprint density at radius 2 is 2.11 bits per heavy atom. The highest BCUT2D eigenvalue weighted by Gasteiger charge is 2.27. The molecule has 2 N–H and O–H groups in total. The maximum absolute atomic E-state index is 11.6. The maximum Gasteiger partial charge on any atom is 0.228 e. The summed E-state index contributed by atoms with van der Waals surface area (Å²) in [5, 5.41) is 6.65. The van der Waals surface area contributed by atoms with E-state index in [1.165, 1.54) is 41.5 Å². The van der Waals surface area contributed by atoms with Crippen molar-refractivity contribution < 1.29 is 4.79 Å². The summed E-state index contributed by atoms with van der Waals surface area (Å²) in [4.78, 5) is 11.6. The van der Waals surface area contributed by atoms with Crippen LogP contribution < -0.4 is 10.6 Å². The van der Waals surface area contributed by atoms with Gasteiger partial charge in [0.05, 0.1) is 6.42 Å². The van der Waals surface area contributed by atoms with Crippen LogP contribution in [0.5, 0.6) is 0 Å². The Hall–Kier alpha value is -1.35. The lowest BCUT2D eigenvalue weighted by Crippen LogP contribution is -2.28. The zero-order valence-electron chi connectivity index (χ0n) is 11.1. The van der Waals surface area contributed by atoms with Crippen LogP contribution in [-0.2, 0) is 11.2 Å². The minimum Gasteiger partial charge on any atom is -0.325 e. The van der Waals surface area contributed by atoms with Crippen molar-refractivity contribution >= 4 is 11.6 Å². The lowest BCUT2D eigenvalue weighted by Gasteiger charge is -2.28. The van der Waals surface area contributed by atoms with E-state index in [1.54, 1.807) is 0 Å². The summed E-state index contributed by atoms with van der Waals surface area (Å²) in [5.41, 5.74) is 6.21. The number of hydrogen-bond donors (Lipinski definition) is 2. The van der Waals surface area contributed by atoms with Gasteiger partial charge in [0.2, 0.25) is 5.91 Å². The molecule has 2 heterocycles. The molecule has 1 saturated heterocycles. The maximum atomic E-state index is 11.6. The molecule has 0 aliphatic carbocycles. The average molecular weight is 244 g/mol. The van der Waals surface area contributed by atoms with Gasteiger partial charge in [-0.1, -0.05) is 12.5 Å². The topological polar surface area (TPSA) is 41.1 Å². The van der Waals surface area contributed by atoms with Gasteiger partial charge in [-0.05, 0) is 55.5 Å². The predicted octanol–water partition coefficient (Wildman–Crippen LogP) is 2.61. The van der Waals surface area contributed by atoms with Crippen molar-refractivity contribution in [3.05, 3.63) is 28.3 Å². The number of piperidine rings is 1. The Kier molecular flexibility index (Phi) is 2.86. The molecule has 1 aromatic carbocycles. The molecular weight excluding hydrogens is 224 g/mol. The smallest absolute Gasteiger partial charge is 0.228 e. The highest BCUT2D eigenvalue weighted by atomic mass is 16.1. The number of carbonyl (C=O) groups excluding carboxylic acids is 1. The standard InChI is InChI=1S/C15H20N2O/c1-9-7-11-8-13(18)17-15(11)14(10(9)2)12-5-3-4-6-16-12/h7,12,16H,3-6,8H2,1-2H3,(H,17,18). The second kappa shape index (κ2) is 4.39. The Morgan fingerprint density at radius 3 is 2.83 bits per heavy atom. The summed E-state index contributed by atoms with van der Waals surface area (Å²) < 4.78 is 0. The summed E-state index contributed by atoms with van der Waals surface area (Å²) in [7, 11) is 0. The molecule has 1 aromatic rings. The fourth-order valence-electron chi connectivity index (χ4n) is 3.19. The van der Waals surface area contributed by atoms with Crippen LogP contribution in [-0.4, -0.2) is 12.5 Å². The van der Waals surface area contributed by atoms with Crippen molar-refractivity contribution in [2.24, 2.45) is 0 Å². The van der Waals surface area contributed by atoms with Crippen molar-refractivity contribution in [3.63, 3.8) is 0 Å². The molecule has 3 heteroatoms. The van der Waals surface area contributed by atoms with Crippen LogP contribution in [0.15, 0.2) is 6.07 Å². The third-order valence-corrected chi connectivity index (χ3v) is 4.25. The van der Waals surface area contributed by atoms with Crippen LogP contribution in [0, 0.1) is 13.8 Å². The van der Waals surface area contributed by atoms with E-state index in [9.17, 15) is 4.79 Å². The fourth-order valence-corrected chi connectivity index (χ4v) is 3.19. The summed E-state index contributed by atoms with van der Waals surface area (Å²) in [5.74, 6) is 0.132. The van der Waals surface area contributed by atoms with Crippen LogP contribution in [0.25, 0.3) is 0 Å². The largest absolute Gasteiger partial charge is 0.325 e. The molecule has 1 atom stereocenters. The van der Waals surface area contributed by atoms with E-state index in [2.05, 4.69) is 30.5 Å². The van der Waals surface area contributed by atoms with E-state index >= 15 is 0 Å². The van der Waals surface area contributed by atoms with Crippen LogP contribution in [0.3, 0.4) is 0 Å². The second-order valence-corrected chi connectivity index (χ2v) is 5.49. The van der Waals surface area contributed by atoms with Gasteiger partial charge in [-0.25, -0.2) is 0 Å². The van der Waals surface area contributed by atoms with Crippen molar-refractivity contribution in [2.75, 3.05) is 11.9 Å². The van der Waals surface area contributed by atoms with Crippen molar-refractivity contribution in [1.29, 1.82) is 0 Å². The van der Waals surface area contributed by atoms with E-state index in [0.717, 1.165) is 12.2 Å². The van der Waals surface area contributed by atoms with Crippen molar-refractivity contribution in [2.45, 2.75) is 45.6 Å².